The van der Waals surface area contributed by atoms with Gasteiger partial charge < -0.3 is 14.6 Å². The predicted molar refractivity (Wildman–Crippen MR) is 84.5 cm³/mol. The molecule has 4 heteroatoms. The van der Waals surface area contributed by atoms with Crippen molar-refractivity contribution in [3.05, 3.63) is 35.4 Å². The van der Waals surface area contributed by atoms with Crippen molar-refractivity contribution in [2.45, 2.75) is 26.0 Å². The lowest BCUT2D eigenvalue weighted by atomic mass is 10.1. The molecule has 4 nitrogen and oxygen atoms in total. The van der Waals surface area contributed by atoms with E-state index in [-0.39, 0.29) is 18.8 Å². The van der Waals surface area contributed by atoms with Gasteiger partial charge in [0.05, 0.1) is 25.4 Å². The van der Waals surface area contributed by atoms with E-state index in [2.05, 4.69) is 17.0 Å². The molecule has 1 unspecified atom stereocenters. The summed E-state index contributed by atoms with van der Waals surface area (Å²) in [5, 5.41) is 9.52. The number of nitrogens with zero attached hydrogens (tertiary/aromatic N) is 1. The van der Waals surface area contributed by atoms with Crippen LogP contribution in [0.2, 0.25) is 0 Å². The van der Waals surface area contributed by atoms with E-state index in [0.717, 1.165) is 17.9 Å². The number of hydrogen-bond donors (Lipinski definition) is 1. The average Bonchev–Trinajstić information content (AvgIpc) is 2.47. The Morgan fingerprint density at radius 2 is 2.10 bits per heavy atom. The second-order valence-corrected chi connectivity index (χ2v) is 5.76. The first kappa shape index (κ1) is 16.0. The Labute approximate surface area is 127 Å². The first-order chi connectivity index (χ1) is 10.1. The molecule has 1 N–H and O–H groups in total. The summed E-state index contributed by atoms with van der Waals surface area (Å²) in [6.45, 7) is 6.00. The molecule has 1 aliphatic rings. The quantitative estimate of drug-likeness (QED) is 0.836. The van der Waals surface area contributed by atoms with Crippen molar-refractivity contribution in [2.75, 3.05) is 33.4 Å². The fourth-order valence-electron chi connectivity index (χ4n) is 2.33. The summed E-state index contributed by atoms with van der Waals surface area (Å²) >= 11 is 0. The maximum absolute atomic E-state index is 9.52. The zero-order chi connectivity index (χ0) is 15.2. The molecule has 1 aliphatic heterocycles. The molecule has 0 aliphatic carbocycles. The van der Waals surface area contributed by atoms with E-state index >= 15 is 0 Å². The van der Waals surface area contributed by atoms with E-state index in [1.807, 2.05) is 39.1 Å². The number of likely N-dealkylation sites (N-methyl/N-ethyl adjacent to an activating group) is 1. The predicted octanol–water partition coefficient (Wildman–Crippen LogP) is 2.18. The molecule has 0 saturated heterocycles. The topological polar surface area (TPSA) is 41.9 Å². The molecular formula is C17H25NO3. The average molecular weight is 291 g/mol. The first-order valence-corrected chi connectivity index (χ1v) is 7.44. The Bertz CT molecular complexity index is 485. The van der Waals surface area contributed by atoms with Crippen molar-refractivity contribution in [2.24, 2.45) is 0 Å². The Morgan fingerprint density at radius 1 is 1.33 bits per heavy atom. The van der Waals surface area contributed by atoms with Crippen molar-refractivity contribution in [1.29, 1.82) is 0 Å². The van der Waals surface area contributed by atoms with Crippen LogP contribution in [0.15, 0.2) is 29.8 Å². The van der Waals surface area contributed by atoms with Gasteiger partial charge in [-0.3, -0.25) is 4.90 Å². The van der Waals surface area contributed by atoms with Crippen LogP contribution in [0.1, 0.15) is 19.4 Å². The molecule has 0 fully saturated rings. The van der Waals surface area contributed by atoms with Crippen molar-refractivity contribution in [3.8, 4) is 5.75 Å². The highest BCUT2D eigenvalue weighted by Gasteiger charge is 2.18. The summed E-state index contributed by atoms with van der Waals surface area (Å²) in [6.07, 6.45) is 2.35. The molecule has 0 radical (unpaired) electrons. The van der Waals surface area contributed by atoms with Crippen molar-refractivity contribution >= 4 is 6.08 Å². The first-order valence-electron chi connectivity index (χ1n) is 7.44. The Balaban J connectivity index is 1.96. The minimum absolute atomic E-state index is 0.00507. The van der Waals surface area contributed by atoms with Crippen LogP contribution >= 0.6 is 0 Å². The lowest BCUT2D eigenvalue weighted by molar-refractivity contribution is 0.0148. The maximum Gasteiger partial charge on any atom is 0.127 e. The number of aliphatic hydroxyl groups excluding tert-OH is 1. The summed E-state index contributed by atoms with van der Waals surface area (Å²) in [5.41, 5.74) is 2.32. The van der Waals surface area contributed by atoms with Gasteiger partial charge in [-0.25, -0.2) is 0 Å². The molecule has 0 amide bonds. The molecule has 0 spiro atoms. The van der Waals surface area contributed by atoms with E-state index in [0.29, 0.717) is 13.2 Å². The summed E-state index contributed by atoms with van der Waals surface area (Å²) in [7, 11) is 2.01. The SMILES string of the molecule is CC(C)OCC(CO)N(C)CC1=Cc2ccccc2OC1. The molecule has 21 heavy (non-hydrogen) atoms. The summed E-state index contributed by atoms with van der Waals surface area (Å²) in [4.78, 5) is 2.12. The monoisotopic (exact) mass is 291 g/mol. The zero-order valence-corrected chi connectivity index (χ0v) is 13.1. The van der Waals surface area contributed by atoms with Crippen LogP contribution in [0.5, 0.6) is 5.75 Å². The van der Waals surface area contributed by atoms with Gasteiger partial charge in [-0.2, -0.15) is 0 Å². The van der Waals surface area contributed by atoms with Crippen molar-refractivity contribution < 1.29 is 14.6 Å². The smallest absolute Gasteiger partial charge is 0.127 e. The minimum Gasteiger partial charge on any atom is -0.489 e. The normalized spacial score (nSPS) is 15.6. The molecule has 0 aromatic heterocycles. The van der Waals surface area contributed by atoms with Gasteiger partial charge in [-0.05, 0) is 38.6 Å². The van der Waals surface area contributed by atoms with E-state index in [9.17, 15) is 5.11 Å². The number of rotatable bonds is 7. The lowest BCUT2D eigenvalue weighted by Crippen LogP contribution is -2.40. The van der Waals surface area contributed by atoms with Crippen LogP contribution in [0.3, 0.4) is 0 Å². The largest absolute Gasteiger partial charge is 0.489 e. The fraction of sp³-hybridized carbons (Fsp3) is 0.529. The minimum atomic E-state index is 0.00507. The molecular weight excluding hydrogens is 266 g/mol. The van der Waals surface area contributed by atoms with Gasteiger partial charge in [0.2, 0.25) is 0 Å². The molecule has 1 aromatic rings. The van der Waals surface area contributed by atoms with Gasteiger partial charge in [0.15, 0.2) is 0 Å². The third-order valence-corrected chi connectivity index (χ3v) is 3.60. The number of hydrogen-bond acceptors (Lipinski definition) is 4. The molecule has 1 heterocycles. The maximum atomic E-state index is 9.52. The second kappa shape index (κ2) is 7.59. The Hall–Kier alpha value is -1.36. The number of benzene rings is 1. The Morgan fingerprint density at radius 3 is 2.81 bits per heavy atom. The van der Waals surface area contributed by atoms with E-state index in [4.69, 9.17) is 9.47 Å². The third kappa shape index (κ3) is 4.56. The number of fused-ring (bicyclic) bond motifs is 1. The molecule has 0 bridgehead atoms. The highest BCUT2D eigenvalue weighted by Crippen LogP contribution is 2.26. The van der Waals surface area contributed by atoms with Gasteiger partial charge in [0, 0.05) is 12.1 Å². The molecule has 1 aromatic carbocycles. The van der Waals surface area contributed by atoms with Gasteiger partial charge in [0.25, 0.3) is 0 Å². The zero-order valence-electron chi connectivity index (χ0n) is 13.1. The second-order valence-electron chi connectivity index (χ2n) is 5.76. The highest BCUT2D eigenvalue weighted by atomic mass is 16.5. The van der Waals surface area contributed by atoms with Crippen LogP contribution in [0, 0.1) is 0 Å². The van der Waals surface area contributed by atoms with Gasteiger partial charge in [0.1, 0.15) is 12.4 Å². The lowest BCUT2D eigenvalue weighted by Gasteiger charge is -2.29. The third-order valence-electron chi connectivity index (χ3n) is 3.60. The number of ether oxygens (including phenoxy) is 2. The van der Waals surface area contributed by atoms with Crippen molar-refractivity contribution in [3.63, 3.8) is 0 Å². The van der Waals surface area contributed by atoms with Crippen LogP contribution < -0.4 is 4.74 Å². The molecule has 1 atom stereocenters. The summed E-state index contributed by atoms with van der Waals surface area (Å²) < 4.78 is 11.4. The van der Waals surface area contributed by atoms with Crippen LogP contribution in [-0.4, -0.2) is 55.6 Å². The van der Waals surface area contributed by atoms with Crippen LogP contribution in [0.25, 0.3) is 6.08 Å². The number of para-hydroxylation sites is 1. The van der Waals surface area contributed by atoms with Crippen LogP contribution in [-0.2, 0) is 4.74 Å². The number of aliphatic hydroxyl groups is 1. The van der Waals surface area contributed by atoms with Crippen LogP contribution in [0.4, 0.5) is 0 Å². The van der Waals surface area contributed by atoms with Gasteiger partial charge in [-0.15, -0.1) is 0 Å². The van der Waals surface area contributed by atoms with Gasteiger partial charge in [-0.1, -0.05) is 18.2 Å². The Kier molecular flexibility index (Phi) is 5.79. The van der Waals surface area contributed by atoms with E-state index < -0.39 is 0 Å². The molecule has 2 rings (SSSR count). The standard InChI is InChI=1S/C17H25NO3/c1-13(2)20-12-16(10-19)18(3)9-14-8-15-6-4-5-7-17(15)21-11-14/h4-8,13,16,19H,9-12H2,1-3H3. The summed E-state index contributed by atoms with van der Waals surface area (Å²) in [6, 6.07) is 8.04. The van der Waals surface area contributed by atoms with Gasteiger partial charge >= 0.3 is 0 Å². The van der Waals surface area contributed by atoms with E-state index in [1.54, 1.807) is 0 Å². The summed E-state index contributed by atoms with van der Waals surface area (Å²) in [5.74, 6) is 0.936. The highest BCUT2D eigenvalue weighted by molar-refractivity contribution is 5.62. The van der Waals surface area contributed by atoms with E-state index in [1.165, 1.54) is 5.57 Å². The fourth-order valence-corrected chi connectivity index (χ4v) is 2.33. The molecule has 0 saturated carbocycles. The van der Waals surface area contributed by atoms with Crippen molar-refractivity contribution in [1.82, 2.24) is 4.90 Å². The molecule has 116 valence electrons.